The van der Waals surface area contributed by atoms with Crippen molar-refractivity contribution in [1.29, 1.82) is 0 Å². The zero-order chi connectivity index (χ0) is 13.4. The Bertz CT molecular complexity index is 519. The van der Waals surface area contributed by atoms with Gasteiger partial charge in [0.1, 0.15) is 4.21 Å². The largest absolute Gasteiger partial charge is 0.391 e. The molecule has 6 heteroatoms. The molecule has 2 heterocycles. The van der Waals surface area contributed by atoms with Gasteiger partial charge in [0.2, 0.25) is 0 Å². The summed E-state index contributed by atoms with van der Waals surface area (Å²) in [6, 6.07) is 3.26. The lowest BCUT2D eigenvalue weighted by molar-refractivity contribution is 0.187. The number of hydrogen-bond donors (Lipinski definition) is 1. The van der Waals surface area contributed by atoms with E-state index in [1.807, 2.05) is 0 Å². The normalized spacial score (nSPS) is 21.1. The highest BCUT2D eigenvalue weighted by Crippen LogP contribution is 2.33. The average Bonchev–Trinajstić information content (AvgIpc) is 2.76. The van der Waals surface area contributed by atoms with Crippen molar-refractivity contribution < 1.29 is 13.5 Å². The minimum atomic E-state index is -3.38. The Labute approximate surface area is 112 Å². The second-order valence-corrected chi connectivity index (χ2v) is 8.82. The van der Waals surface area contributed by atoms with E-state index in [1.165, 1.54) is 0 Å². The van der Waals surface area contributed by atoms with Gasteiger partial charge in [-0.15, -0.1) is 11.3 Å². The van der Waals surface area contributed by atoms with Crippen molar-refractivity contribution in [1.82, 2.24) is 4.31 Å². The molecule has 2 rings (SSSR count). The van der Waals surface area contributed by atoms with E-state index in [4.69, 9.17) is 5.11 Å². The van der Waals surface area contributed by atoms with Crippen LogP contribution in [0.2, 0.25) is 0 Å². The number of hydrogen-bond acceptors (Lipinski definition) is 4. The number of piperidine rings is 1. The molecule has 0 bridgehead atoms. The third kappa shape index (κ3) is 2.77. The molecule has 1 aromatic heterocycles. The van der Waals surface area contributed by atoms with Gasteiger partial charge in [-0.1, -0.05) is 13.8 Å². The number of thiophene rings is 1. The standard InChI is InChI=1S/C12H19NO3S2/c1-12(2)6-3-7-13(9-12)18(15,16)11-5-4-10(8-14)17-11/h4-5,14H,3,6-9H2,1-2H3. The molecule has 0 spiro atoms. The van der Waals surface area contributed by atoms with Crippen LogP contribution in [0.15, 0.2) is 16.3 Å². The van der Waals surface area contributed by atoms with Gasteiger partial charge in [-0.25, -0.2) is 8.42 Å². The van der Waals surface area contributed by atoms with Crippen LogP contribution >= 0.6 is 11.3 Å². The minimum Gasteiger partial charge on any atom is -0.391 e. The predicted octanol–water partition coefficient (Wildman–Crippen LogP) is 2.05. The summed E-state index contributed by atoms with van der Waals surface area (Å²) in [5.41, 5.74) is 0.0440. The van der Waals surface area contributed by atoms with Crippen LogP contribution in [0.25, 0.3) is 0 Å². The first kappa shape index (κ1) is 14.0. The van der Waals surface area contributed by atoms with Crippen LogP contribution in [-0.4, -0.2) is 30.9 Å². The molecule has 1 aliphatic rings. The zero-order valence-corrected chi connectivity index (χ0v) is 12.4. The first-order valence-corrected chi connectivity index (χ1v) is 8.30. The Balaban J connectivity index is 2.25. The Kier molecular flexibility index (Phi) is 3.82. The van der Waals surface area contributed by atoms with Crippen LogP contribution in [0.3, 0.4) is 0 Å². The molecule has 18 heavy (non-hydrogen) atoms. The zero-order valence-electron chi connectivity index (χ0n) is 10.7. The quantitative estimate of drug-likeness (QED) is 0.926. The van der Waals surface area contributed by atoms with E-state index >= 15 is 0 Å². The topological polar surface area (TPSA) is 57.6 Å². The SMILES string of the molecule is CC1(C)CCCN(S(=O)(=O)c2ccc(CO)s2)C1. The minimum absolute atomic E-state index is 0.0440. The van der Waals surface area contributed by atoms with E-state index in [2.05, 4.69) is 13.8 Å². The van der Waals surface area contributed by atoms with Crippen molar-refractivity contribution in [2.24, 2.45) is 5.41 Å². The fourth-order valence-corrected chi connectivity index (χ4v) is 5.32. The van der Waals surface area contributed by atoms with E-state index in [9.17, 15) is 8.42 Å². The Morgan fingerprint density at radius 1 is 1.44 bits per heavy atom. The van der Waals surface area contributed by atoms with Crippen molar-refractivity contribution in [3.05, 3.63) is 17.0 Å². The molecule has 4 nitrogen and oxygen atoms in total. The second-order valence-electron chi connectivity index (χ2n) is 5.49. The summed E-state index contributed by atoms with van der Waals surface area (Å²) in [5, 5.41) is 9.01. The smallest absolute Gasteiger partial charge is 0.252 e. The number of nitrogens with zero attached hydrogens (tertiary/aromatic N) is 1. The van der Waals surface area contributed by atoms with Crippen LogP contribution in [0.1, 0.15) is 31.6 Å². The fourth-order valence-electron chi connectivity index (χ4n) is 2.28. The van der Waals surface area contributed by atoms with E-state index in [1.54, 1.807) is 16.4 Å². The maximum atomic E-state index is 12.5. The molecule has 0 saturated carbocycles. The molecule has 0 atom stereocenters. The summed E-state index contributed by atoms with van der Waals surface area (Å²) in [7, 11) is -3.38. The van der Waals surface area contributed by atoms with Crippen molar-refractivity contribution >= 4 is 21.4 Å². The Morgan fingerprint density at radius 3 is 2.72 bits per heavy atom. The lowest BCUT2D eigenvalue weighted by atomic mass is 9.85. The van der Waals surface area contributed by atoms with Crippen molar-refractivity contribution in [2.75, 3.05) is 13.1 Å². The third-order valence-corrected chi connectivity index (χ3v) is 6.64. The fraction of sp³-hybridized carbons (Fsp3) is 0.667. The highest BCUT2D eigenvalue weighted by atomic mass is 32.2. The summed E-state index contributed by atoms with van der Waals surface area (Å²) >= 11 is 1.15. The summed E-state index contributed by atoms with van der Waals surface area (Å²) in [6.07, 6.45) is 1.97. The number of aliphatic hydroxyl groups excluding tert-OH is 1. The van der Waals surface area contributed by atoms with E-state index in [0.29, 0.717) is 22.2 Å². The van der Waals surface area contributed by atoms with Crippen LogP contribution < -0.4 is 0 Å². The van der Waals surface area contributed by atoms with Gasteiger partial charge < -0.3 is 5.11 Å². The molecule has 0 radical (unpaired) electrons. The molecular weight excluding hydrogens is 270 g/mol. The number of aliphatic hydroxyl groups is 1. The summed E-state index contributed by atoms with van der Waals surface area (Å²) in [5.74, 6) is 0. The van der Waals surface area contributed by atoms with Crippen LogP contribution in [0, 0.1) is 5.41 Å². The molecule has 0 aromatic carbocycles. The van der Waals surface area contributed by atoms with Gasteiger partial charge in [0, 0.05) is 18.0 Å². The van der Waals surface area contributed by atoms with Gasteiger partial charge in [0.05, 0.1) is 6.61 Å². The molecule has 0 aliphatic carbocycles. The Hall–Kier alpha value is -0.430. The first-order valence-electron chi connectivity index (χ1n) is 6.05. The van der Waals surface area contributed by atoms with E-state index in [0.717, 1.165) is 24.2 Å². The second kappa shape index (κ2) is 4.92. The molecule has 1 saturated heterocycles. The van der Waals surface area contributed by atoms with Gasteiger partial charge >= 0.3 is 0 Å². The maximum Gasteiger partial charge on any atom is 0.252 e. The molecule has 0 unspecified atom stereocenters. The molecular formula is C12H19NO3S2. The molecule has 1 aliphatic heterocycles. The van der Waals surface area contributed by atoms with Crippen molar-refractivity contribution in [3.63, 3.8) is 0 Å². The highest BCUT2D eigenvalue weighted by molar-refractivity contribution is 7.91. The molecule has 102 valence electrons. The van der Waals surface area contributed by atoms with Gasteiger partial charge in [-0.05, 0) is 30.4 Å². The monoisotopic (exact) mass is 289 g/mol. The maximum absolute atomic E-state index is 12.5. The number of sulfonamides is 1. The third-order valence-electron chi connectivity index (χ3n) is 3.25. The molecule has 1 aromatic rings. The van der Waals surface area contributed by atoms with Crippen molar-refractivity contribution in [3.8, 4) is 0 Å². The highest BCUT2D eigenvalue weighted by Gasteiger charge is 2.34. The predicted molar refractivity (Wildman–Crippen MR) is 72.0 cm³/mol. The molecule has 1 N–H and O–H groups in total. The van der Waals surface area contributed by atoms with Crippen LogP contribution in [-0.2, 0) is 16.6 Å². The van der Waals surface area contributed by atoms with Crippen LogP contribution in [0.5, 0.6) is 0 Å². The summed E-state index contributed by atoms with van der Waals surface area (Å²) in [4.78, 5) is 0.685. The number of rotatable bonds is 3. The van der Waals surface area contributed by atoms with Crippen LogP contribution in [0.4, 0.5) is 0 Å². The molecule has 1 fully saturated rings. The van der Waals surface area contributed by atoms with E-state index < -0.39 is 10.0 Å². The first-order chi connectivity index (χ1) is 8.35. The lowest BCUT2D eigenvalue weighted by Gasteiger charge is -2.36. The van der Waals surface area contributed by atoms with Gasteiger partial charge in [0.15, 0.2) is 0 Å². The molecule has 0 amide bonds. The lowest BCUT2D eigenvalue weighted by Crippen LogP contribution is -2.43. The van der Waals surface area contributed by atoms with Crippen molar-refractivity contribution in [2.45, 2.75) is 37.5 Å². The van der Waals surface area contributed by atoms with E-state index in [-0.39, 0.29) is 12.0 Å². The van der Waals surface area contributed by atoms with Gasteiger partial charge in [0.25, 0.3) is 10.0 Å². The van der Waals surface area contributed by atoms with Gasteiger partial charge in [-0.2, -0.15) is 4.31 Å². The van der Waals surface area contributed by atoms with Gasteiger partial charge in [-0.3, -0.25) is 0 Å². The summed E-state index contributed by atoms with van der Waals surface area (Å²) < 4.78 is 26.8. The average molecular weight is 289 g/mol. The Morgan fingerprint density at radius 2 is 2.17 bits per heavy atom. The summed E-state index contributed by atoms with van der Waals surface area (Å²) in [6.45, 7) is 5.26.